The average molecular weight is 828 g/mol. The average Bonchev–Trinajstić information content (AvgIpc) is 3.23. The highest BCUT2D eigenvalue weighted by Crippen LogP contribution is 2.25. The molecule has 0 aromatic heterocycles. The largest absolute Gasteiger partial charge is 0.391 e. The minimum absolute atomic E-state index is 0.0134. The molecule has 59 heavy (non-hydrogen) atoms. The first kappa shape index (κ1) is 48.5. The Labute approximate surface area is 356 Å². The molecule has 3 aromatic rings. The van der Waals surface area contributed by atoms with Crippen molar-refractivity contribution in [3.63, 3.8) is 0 Å². The summed E-state index contributed by atoms with van der Waals surface area (Å²) in [6.45, 7) is 13.9. The highest BCUT2D eigenvalue weighted by molar-refractivity contribution is 7.99. The van der Waals surface area contributed by atoms with Crippen molar-refractivity contribution in [1.82, 2.24) is 21.3 Å². The second-order valence-electron chi connectivity index (χ2n) is 15.4. The van der Waals surface area contributed by atoms with Gasteiger partial charge in [0.05, 0.1) is 31.4 Å². The number of carbonyl (C=O) groups excluding carboxylic acids is 4. The van der Waals surface area contributed by atoms with Crippen LogP contribution in [0.5, 0.6) is 0 Å². The van der Waals surface area contributed by atoms with Gasteiger partial charge < -0.3 is 35.4 Å². The Morgan fingerprint density at radius 3 is 2.00 bits per heavy atom. The first-order chi connectivity index (χ1) is 28.2. The highest BCUT2D eigenvalue weighted by atomic mass is 32.2. The van der Waals surface area contributed by atoms with Gasteiger partial charge in [-0.15, -0.1) is 0 Å². The van der Waals surface area contributed by atoms with Crippen LogP contribution in [-0.2, 0) is 20.9 Å². The summed E-state index contributed by atoms with van der Waals surface area (Å²) in [5.74, 6) is -2.64. The third-order valence-corrected chi connectivity index (χ3v) is 10.9. The summed E-state index contributed by atoms with van der Waals surface area (Å²) >= 11 is 1.43. The molecule has 0 aliphatic rings. The number of rotatable bonds is 23. The molecule has 0 aliphatic carbocycles. The quantitative estimate of drug-likeness (QED) is 0.0491. The second kappa shape index (κ2) is 24.9. The van der Waals surface area contributed by atoms with Gasteiger partial charge in [-0.25, -0.2) is 0 Å². The second-order valence-corrected chi connectivity index (χ2v) is 16.3. The van der Waals surface area contributed by atoms with E-state index in [0.29, 0.717) is 17.8 Å². The van der Waals surface area contributed by atoms with E-state index in [0.717, 1.165) is 23.1 Å². The lowest BCUT2D eigenvalue weighted by Crippen LogP contribution is -2.53. The minimum atomic E-state index is -1.21. The Balaban J connectivity index is 1.87. The van der Waals surface area contributed by atoms with Crippen LogP contribution in [0.15, 0.2) is 103 Å². The van der Waals surface area contributed by atoms with E-state index in [2.05, 4.69) is 21.3 Å². The Morgan fingerprint density at radius 2 is 1.44 bits per heavy atom. The van der Waals surface area contributed by atoms with E-state index in [-0.39, 0.29) is 60.8 Å². The molecule has 4 amide bonds. The number of hydrogen-bond acceptors (Lipinski definition) is 8. The standard InChI is InChI=1S/C47H65N5O6S/c1-10-18-34(19-11-2)28-48-47(57)43(32(5)6)51-46(56)40(31(3)4)27-42(53)41(30-58-29-35-20-14-12-15-21-35)50-45(55)38-24-37(25-39(26-38)52(8)59-9)44(54)49-33(7)36-22-16-13-17-23-36/h10,12-26,31-33,40-43,53H,11,27-30H2,1-9H3,(H,48,57)(H,49,54)(H,50,55)(H,51,56)/b18-10-,34-19+/t33?,40-,41?,42-,43?/m0/s1. The number of amides is 4. The van der Waals surface area contributed by atoms with Crippen molar-refractivity contribution in [3.8, 4) is 0 Å². The molecular formula is C47H65N5O6S. The van der Waals surface area contributed by atoms with Gasteiger partial charge in [0.25, 0.3) is 11.8 Å². The van der Waals surface area contributed by atoms with Crippen LogP contribution in [0.25, 0.3) is 0 Å². The van der Waals surface area contributed by atoms with Crippen molar-refractivity contribution in [1.29, 1.82) is 0 Å². The van der Waals surface area contributed by atoms with E-state index < -0.39 is 30.0 Å². The number of aliphatic hydroxyl groups excluding tert-OH is 1. The van der Waals surface area contributed by atoms with Crippen LogP contribution in [-0.4, -0.2) is 73.4 Å². The SMILES string of the molecule is C/C=C\C(=C/CC)CNC(=O)C(NC(=O)[C@@H](C[C@H](O)C(COCc1ccccc1)NC(=O)c1cc(C(=O)NC(C)c2ccccc2)cc(N(C)SC)c1)C(C)C)C(C)C. The molecule has 12 heteroatoms. The summed E-state index contributed by atoms with van der Waals surface area (Å²) in [4.78, 5) is 55.1. The number of anilines is 1. The van der Waals surface area contributed by atoms with Crippen molar-refractivity contribution < 1.29 is 29.0 Å². The lowest BCUT2D eigenvalue weighted by Gasteiger charge is -2.30. The molecule has 320 valence electrons. The van der Waals surface area contributed by atoms with Gasteiger partial charge in [-0.1, -0.05) is 125 Å². The molecule has 0 spiro atoms. The van der Waals surface area contributed by atoms with Crippen LogP contribution in [0.2, 0.25) is 0 Å². The summed E-state index contributed by atoms with van der Waals surface area (Å²) < 4.78 is 7.91. The fourth-order valence-corrected chi connectivity index (χ4v) is 6.84. The van der Waals surface area contributed by atoms with E-state index in [9.17, 15) is 24.3 Å². The summed E-state index contributed by atoms with van der Waals surface area (Å²) in [6, 6.07) is 22.1. The van der Waals surface area contributed by atoms with Gasteiger partial charge in [-0.2, -0.15) is 0 Å². The summed E-state index contributed by atoms with van der Waals surface area (Å²) in [7, 11) is 1.84. The summed E-state index contributed by atoms with van der Waals surface area (Å²) in [6.07, 6.45) is 7.40. The van der Waals surface area contributed by atoms with Gasteiger partial charge in [0.15, 0.2) is 0 Å². The fourth-order valence-electron chi connectivity index (χ4n) is 6.52. The zero-order valence-corrected chi connectivity index (χ0v) is 37.0. The third kappa shape index (κ3) is 15.7. The first-order valence-electron chi connectivity index (χ1n) is 20.5. The molecule has 0 saturated heterocycles. The van der Waals surface area contributed by atoms with Crippen LogP contribution < -0.4 is 25.6 Å². The number of hydrogen-bond donors (Lipinski definition) is 5. The molecule has 0 saturated carbocycles. The zero-order chi connectivity index (χ0) is 43.5. The number of aliphatic hydroxyl groups is 1. The number of allylic oxidation sites excluding steroid dienone is 2. The molecule has 3 unspecified atom stereocenters. The first-order valence-corrected chi connectivity index (χ1v) is 21.7. The molecule has 0 fully saturated rings. The lowest BCUT2D eigenvalue weighted by atomic mass is 9.86. The predicted octanol–water partition coefficient (Wildman–Crippen LogP) is 7.40. The number of benzene rings is 3. The van der Waals surface area contributed by atoms with Crippen LogP contribution in [0.3, 0.4) is 0 Å². The summed E-state index contributed by atoms with van der Waals surface area (Å²) in [5, 5.41) is 23.8. The van der Waals surface area contributed by atoms with Gasteiger partial charge in [0, 0.05) is 42.6 Å². The van der Waals surface area contributed by atoms with Gasteiger partial charge in [-0.3, -0.25) is 19.2 Å². The van der Waals surface area contributed by atoms with Gasteiger partial charge in [0.1, 0.15) is 6.04 Å². The Kier molecular flexibility index (Phi) is 20.4. The van der Waals surface area contributed by atoms with Crippen molar-refractivity contribution in [2.24, 2.45) is 17.8 Å². The van der Waals surface area contributed by atoms with Crippen LogP contribution in [0.1, 0.15) is 99.2 Å². The van der Waals surface area contributed by atoms with Crippen molar-refractivity contribution >= 4 is 41.3 Å². The Hall–Kier alpha value is -4.91. The summed E-state index contributed by atoms with van der Waals surface area (Å²) in [5.41, 5.74) is 3.99. The Morgan fingerprint density at radius 1 is 0.831 bits per heavy atom. The predicted molar refractivity (Wildman–Crippen MR) is 240 cm³/mol. The third-order valence-electron chi connectivity index (χ3n) is 10.1. The molecule has 5 atom stereocenters. The van der Waals surface area contributed by atoms with Crippen molar-refractivity contribution in [3.05, 3.63) is 125 Å². The van der Waals surface area contributed by atoms with Crippen LogP contribution in [0.4, 0.5) is 5.69 Å². The monoisotopic (exact) mass is 827 g/mol. The Bertz CT molecular complexity index is 1850. The molecule has 3 rings (SSSR count). The van der Waals surface area contributed by atoms with Gasteiger partial charge in [-0.05, 0) is 73.4 Å². The van der Waals surface area contributed by atoms with E-state index in [1.54, 1.807) is 12.1 Å². The lowest BCUT2D eigenvalue weighted by molar-refractivity contribution is -0.133. The maximum Gasteiger partial charge on any atom is 0.251 e. The molecule has 0 radical (unpaired) electrons. The molecule has 11 nitrogen and oxygen atoms in total. The molecule has 0 bridgehead atoms. The normalized spacial score (nSPS) is 14.3. The van der Waals surface area contributed by atoms with Gasteiger partial charge >= 0.3 is 0 Å². The maximum absolute atomic E-state index is 14.1. The van der Waals surface area contributed by atoms with Crippen LogP contribution >= 0.6 is 11.9 Å². The number of ether oxygens (including phenoxy) is 1. The number of nitrogens with zero attached hydrogens (tertiary/aromatic N) is 1. The number of carbonyl (C=O) groups is 4. The topological polar surface area (TPSA) is 149 Å². The smallest absolute Gasteiger partial charge is 0.251 e. The molecule has 0 heterocycles. The van der Waals surface area contributed by atoms with E-state index in [1.807, 2.05) is 145 Å². The van der Waals surface area contributed by atoms with E-state index >= 15 is 0 Å². The molecule has 0 aliphatic heterocycles. The maximum atomic E-state index is 14.1. The van der Waals surface area contributed by atoms with E-state index in [1.165, 1.54) is 18.0 Å². The van der Waals surface area contributed by atoms with Gasteiger partial charge in [0.2, 0.25) is 11.8 Å². The minimum Gasteiger partial charge on any atom is -0.391 e. The highest BCUT2D eigenvalue weighted by Gasteiger charge is 2.34. The molecule has 3 aromatic carbocycles. The van der Waals surface area contributed by atoms with E-state index in [4.69, 9.17) is 4.74 Å². The van der Waals surface area contributed by atoms with Crippen molar-refractivity contribution in [2.75, 3.05) is 30.8 Å². The fraction of sp³-hybridized carbons (Fsp3) is 0.447. The molecular weight excluding hydrogens is 763 g/mol. The van der Waals surface area contributed by atoms with Crippen molar-refractivity contribution in [2.45, 2.75) is 92.1 Å². The van der Waals surface area contributed by atoms with Crippen LogP contribution in [0, 0.1) is 17.8 Å². The number of nitrogens with one attached hydrogen (secondary N) is 4. The zero-order valence-electron chi connectivity index (χ0n) is 36.2. The molecule has 5 N–H and O–H groups in total.